The monoisotopic (exact) mass is 266 g/mol. The first-order valence-electron chi connectivity index (χ1n) is 5.18. The number of carboxylic acid groups (broad SMARTS) is 1. The van der Waals surface area contributed by atoms with Crippen LogP contribution < -0.4 is 4.74 Å². The predicted octanol–water partition coefficient (Wildman–Crippen LogP) is 2.87. The summed E-state index contributed by atoms with van der Waals surface area (Å²) >= 11 is 5.84. The fraction of sp³-hybridized carbons (Fsp3) is 0.167. The van der Waals surface area contributed by atoms with Crippen molar-refractivity contribution in [1.82, 2.24) is 9.78 Å². The number of halogens is 1. The van der Waals surface area contributed by atoms with E-state index in [2.05, 4.69) is 5.10 Å². The van der Waals surface area contributed by atoms with Crippen molar-refractivity contribution in [3.8, 4) is 11.6 Å². The average molecular weight is 267 g/mol. The lowest BCUT2D eigenvalue weighted by molar-refractivity contribution is 0.0694. The second kappa shape index (κ2) is 4.70. The molecule has 1 aromatic carbocycles. The summed E-state index contributed by atoms with van der Waals surface area (Å²) in [6.45, 7) is 1.82. The Morgan fingerprint density at radius 2 is 2.22 bits per heavy atom. The summed E-state index contributed by atoms with van der Waals surface area (Å²) in [5.41, 5.74) is 0.830. The fourth-order valence-corrected chi connectivity index (χ4v) is 1.75. The lowest BCUT2D eigenvalue weighted by Gasteiger charge is -2.06. The molecule has 94 valence electrons. The second-order valence-electron chi connectivity index (χ2n) is 3.84. The molecule has 0 fully saturated rings. The summed E-state index contributed by atoms with van der Waals surface area (Å²) in [5, 5.41) is 13.6. The molecule has 6 heteroatoms. The Balaban J connectivity index is 2.36. The molecule has 0 aliphatic rings. The van der Waals surface area contributed by atoms with E-state index < -0.39 is 5.97 Å². The standard InChI is InChI=1S/C12H11ClN2O3/c1-7-5-8(13)3-4-10(7)18-11-9(12(16)17)6-15(2)14-11/h3-6H,1-2H3,(H,16,17). The first-order valence-corrected chi connectivity index (χ1v) is 5.56. The quantitative estimate of drug-likeness (QED) is 0.928. The minimum Gasteiger partial charge on any atom is -0.477 e. The number of carbonyl (C=O) groups is 1. The SMILES string of the molecule is Cc1cc(Cl)ccc1Oc1nn(C)cc1C(=O)O. The molecule has 0 unspecified atom stereocenters. The molecule has 0 saturated heterocycles. The van der Waals surface area contributed by atoms with Crippen LogP contribution >= 0.6 is 11.6 Å². The van der Waals surface area contributed by atoms with Gasteiger partial charge >= 0.3 is 5.97 Å². The molecule has 0 aliphatic carbocycles. The first-order chi connectivity index (χ1) is 8.47. The highest BCUT2D eigenvalue weighted by molar-refractivity contribution is 6.30. The number of benzene rings is 1. The predicted molar refractivity (Wildman–Crippen MR) is 66.4 cm³/mol. The Morgan fingerprint density at radius 1 is 1.50 bits per heavy atom. The first kappa shape index (κ1) is 12.4. The van der Waals surface area contributed by atoms with E-state index in [0.717, 1.165) is 5.56 Å². The highest BCUT2D eigenvalue weighted by Crippen LogP contribution is 2.28. The molecule has 0 aliphatic heterocycles. The highest BCUT2D eigenvalue weighted by Gasteiger charge is 2.17. The van der Waals surface area contributed by atoms with Crippen molar-refractivity contribution >= 4 is 17.6 Å². The minimum absolute atomic E-state index is 0.0202. The molecule has 0 bridgehead atoms. The van der Waals surface area contributed by atoms with Crippen molar-refractivity contribution in [1.29, 1.82) is 0 Å². The van der Waals surface area contributed by atoms with Gasteiger partial charge in [-0.05, 0) is 30.7 Å². The van der Waals surface area contributed by atoms with Gasteiger partial charge in [0.1, 0.15) is 11.3 Å². The van der Waals surface area contributed by atoms with Gasteiger partial charge in [-0.2, -0.15) is 0 Å². The maximum Gasteiger partial charge on any atom is 0.342 e. The second-order valence-corrected chi connectivity index (χ2v) is 4.28. The van der Waals surface area contributed by atoms with Crippen molar-refractivity contribution in [2.24, 2.45) is 7.05 Å². The molecular formula is C12H11ClN2O3. The highest BCUT2D eigenvalue weighted by atomic mass is 35.5. The number of carboxylic acids is 1. The normalized spacial score (nSPS) is 10.4. The summed E-state index contributed by atoms with van der Waals surface area (Å²) in [7, 11) is 1.63. The topological polar surface area (TPSA) is 64.4 Å². The van der Waals surface area contributed by atoms with Gasteiger partial charge < -0.3 is 9.84 Å². The number of rotatable bonds is 3. The maximum absolute atomic E-state index is 11.0. The summed E-state index contributed by atoms with van der Waals surface area (Å²) in [6.07, 6.45) is 1.39. The third-order valence-corrected chi connectivity index (χ3v) is 2.60. The molecule has 0 spiro atoms. The number of aromatic carboxylic acids is 1. The van der Waals surface area contributed by atoms with Crippen LogP contribution in [0.2, 0.25) is 5.02 Å². The molecule has 2 rings (SSSR count). The smallest absolute Gasteiger partial charge is 0.342 e. The van der Waals surface area contributed by atoms with E-state index in [9.17, 15) is 4.79 Å². The van der Waals surface area contributed by atoms with Crippen molar-refractivity contribution < 1.29 is 14.6 Å². The maximum atomic E-state index is 11.0. The third-order valence-electron chi connectivity index (χ3n) is 2.37. The number of nitrogens with zero attached hydrogens (tertiary/aromatic N) is 2. The lowest BCUT2D eigenvalue weighted by atomic mass is 10.2. The zero-order valence-corrected chi connectivity index (χ0v) is 10.6. The average Bonchev–Trinajstić information content (AvgIpc) is 2.64. The zero-order chi connectivity index (χ0) is 13.3. The van der Waals surface area contributed by atoms with Crippen LogP contribution in [-0.4, -0.2) is 20.9 Å². The molecule has 2 aromatic rings. The number of aromatic nitrogens is 2. The zero-order valence-electron chi connectivity index (χ0n) is 9.85. The Labute approximate surface area is 109 Å². The van der Waals surface area contributed by atoms with Gasteiger partial charge in [0.05, 0.1) is 0 Å². The van der Waals surface area contributed by atoms with E-state index in [0.29, 0.717) is 10.8 Å². The minimum atomic E-state index is -1.08. The van der Waals surface area contributed by atoms with Gasteiger partial charge in [0.2, 0.25) is 0 Å². The van der Waals surface area contributed by atoms with Crippen LogP contribution in [0, 0.1) is 6.92 Å². The van der Waals surface area contributed by atoms with Gasteiger partial charge in [0.25, 0.3) is 5.88 Å². The number of aryl methyl sites for hydroxylation is 2. The fourth-order valence-electron chi connectivity index (χ4n) is 1.52. The molecule has 0 radical (unpaired) electrons. The van der Waals surface area contributed by atoms with Crippen LogP contribution in [0.4, 0.5) is 0 Å². The van der Waals surface area contributed by atoms with Crippen LogP contribution in [0.3, 0.4) is 0 Å². The van der Waals surface area contributed by atoms with Gasteiger partial charge in [-0.3, -0.25) is 4.68 Å². The van der Waals surface area contributed by atoms with Gasteiger partial charge in [0.15, 0.2) is 0 Å². The molecule has 5 nitrogen and oxygen atoms in total. The summed E-state index contributed by atoms with van der Waals surface area (Å²) in [5.74, 6) is -0.485. The molecular weight excluding hydrogens is 256 g/mol. The van der Waals surface area contributed by atoms with E-state index in [1.807, 2.05) is 6.92 Å². The van der Waals surface area contributed by atoms with E-state index >= 15 is 0 Å². The number of hydrogen-bond donors (Lipinski definition) is 1. The largest absolute Gasteiger partial charge is 0.477 e. The van der Waals surface area contributed by atoms with Crippen molar-refractivity contribution in [3.63, 3.8) is 0 Å². The van der Waals surface area contributed by atoms with Gasteiger partial charge in [-0.1, -0.05) is 11.6 Å². The van der Waals surface area contributed by atoms with Crippen molar-refractivity contribution in [3.05, 3.63) is 40.5 Å². The summed E-state index contributed by atoms with van der Waals surface area (Å²) in [4.78, 5) is 11.0. The van der Waals surface area contributed by atoms with E-state index in [1.54, 1.807) is 25.2 Å². The molecule has 1 N–H and O–H groups in total. The van der Waals surface area contributed by atoms with Crippen LogP contribution in [0.15, 0.2) is 24.4 Å². The van der Waals surface area contributed by atoms with Crippen LogP contribution in [0.5, 0.6) is 11.6 Å². The molecule has 1 aromatic heterocycles. The lowest BCUT2D eigenvalue weighted by Crippen LogP contribution is -1.98. The summed E-state index contributed by atoms with van der Waals surface area (Å²) in [6, 6.07) is 5.09. The van der Waals surface area contributed by atoms with Crippen LogP contribution in [0.1, 0.15) is 15.9 Å². The number of hydrogen-bond acceptors (Lipinski definition) is 3. The summed E-state index contributed by atoms with van der Waals surface area (Å²) < 4.78 is 6.90. The van der Waals surface area contributed by atoms with Gasteiger partial charge in [0, 0.05) is 18.3 Å². The molecule has 18 heavy (non-hydrogen) atoms. The third kappa shape index (κ3) is 2.46. The molecule has 0 saturated carbocycles. The van der Waals surface area contributed by atoms with E-state index in [1.165, 1.54) is 10.9 Å². The number of ether oxygens (including phenoxy) is 1. The Bertz CT molecular complexity index is 607. The van der Waals surface area contributed by atoms with Crippen LogP contribution in [0.25, 0.3) is 0 Å². The van der Waals surface area contributed by atoms with Gasteiger partial charge in [-0.15, -0.1) is 5.10 Å². The van der Waals surface area contributed by atoms with E-state index in [-0.39, 0.29) is 11.4 Å². The van der Waals surface area contributed by atoms with Crippen LogP contribution in [-0.2, 0) is 7.05 Å². The molecule has 0 atom stereocenters. The Hall–Kier alpha value is -2.01. The van der Waals surface area contributed by atoms with Crippen molar-refractivity contribution in [2.75, 3.05) is 0 Å². The van der Waals surface area contributed by atoms with Crippen molar-refractivity contribution in [2.45, 2.75) is 6.92 Å². The van der Waals surface area contributed by atoms with Gasteiger partial charge in [-0.25, -0.2) is 4.79 Å². The molecule has 0 amide bonds. The Morgan fingerprint density at radius 3 is 2.83 bits per heavy atom. The van der Waals surface area contributed by atoms with E-state index in [4.69, 9.17) is 21.4 Å². The molecule has 1 heterocycles. The Kier molecular flexibility index (Phi) is 3.25.